The molecule has 4 rings (SSSR count). The minimum absolute atomic E-state index is 0.159. The number of rotatable bonds is 4. The first kappa shape index (κ1) is 13.4. The standard InChI is InChI=1S/C16H11FN4O2/c17-12-5-3-4-11(8-12)16-18-13(9-22-16)10-23-21-15-7-2-1-6-14(15)19-20-21/h1-9H,10H2. The first-order valence-electron chi connectivity index (χ1n) is 6.94. The molecule has 0 amide bonds. The smallest absolute Gasteiger partial charge is 0.226 e. The number of hydrogen-bond donors (Lipinski definition) is 0. The van der Waals surface area contributed by atoms with Crippen LogP contribution in [0, 0.1) is 5.82 Å². The Labute approximate surface area is 130 Å². The van der Waals surface area contributed by atoms with Crippen LogP contribution in [0.25, 0.3) is 22.5 Å². The lowest BCUT2D eigenvalue weighted by molar-refractivity contribution is 0.0731. The van der Waals surface area contributed by atoms with Gasteiger partial charge in [0.25, 0.3) is 0 Å². The number of aromatic nitrogens is 4. The summed E-state index contributed by atoms with van der Waals surface area (Å²) in [6, 6.07) is 13.5. The Morgan fingerprint density at radius 1 is 1.13 bits per heavy atom. The molecule has 0 radical (unpaired) electrons. The number of benzene rings is 2. The molecule has 7 heteroatoms. The predicted molar refractivity (Wildman–Crippen MR) is 79.7 cm³/mol. The van der Waals surface area contributed by atoms with Crippen LogP contribution in [-0.2, 0) is 6.61 Å². The molecular formula is C16H11FN4O2. The fraction of sp³-hybridized carbons (Fsp3) is 0.0625. The summed E-state index contributed by atoms with van der Waals surface area (Å²) in [4.78, 5) is 11.2. The SMILES string of the molecule is Fc1cccc(-c2nc(COn3nnc4ccccc43)co2)c1. The summed E-state index contributed by atoms with van der Waals surface area (Å²) in [5.41, 5.74) is 2.65. The van der Waals surface area contributed by atoms with Gasteiger partial charge in [0, 0.05) is 5.56 Å². The molecule has 0 unspecified atom stereocenters. The van der Waals surface area contributed by atoms with Gasteiger partial charge in [-0.2, -0.15) is 0 Å². The Hall–Kier alpha value is -3.22. The molecule has 0 saturated carbocycles. The topological polar surface area (TPSA) is 66.0 Å². The normalized spacial score (nSPS) is 11.0. The van der Waals surface area contributed by atoms with E-state index in [4.69, 9.17) is 9.25 Å². The molecule has 0 bridgehead atoms. The molecular weight excluding hydrogens is 299 g/mol. The summed E-state index contributed by atoms with van der Waals surface area (Å²) in [6.45, 7) is 0.159. The highest BCUT2D eigenvalue weighted by Crippen LogP contribution is 2.19. The third kappa shape index (κ3) is 2.64. The number of fused-ring (bicyclic) bond motifs is 1. The number of oxazole rings is 1. The van der Waals surface area contributed by atoms with Crippen molar-refractivity contribution < 1.29 is 13.6 Å². The van der Waals surface area contributed by atoms with Crippen molar-refractivity contribution in [3.63, 3.8) is 0 Å². The lowest BCUT2D eigenvalue weighted by Crippen LogP contribution is -2.12. The Balaban J connectivity index is 1.52. The van der Waals surface area contributed by atoms with E-state index in [1.165, 1.54) is 23.2 Å². The monoisotopic (exact) mass is 310 g/mol. The molecule has 0 atom stereocenters. The van der Waals surface area contributed by atoms with Gasteiger partial charge in [-0.3, -0.25) is 0 Å². The molecule has 23 heavy (non-hydrogen) atoms. The van der Waals surface area contributed by atoms with E-state index in [0.29, 0.717) is 17.1 Å². The highest BCUT2D eigenvalue weighted by atomic mass is 19.1. The summed E-state index contributed by atoms with van der Waals surface area (Å²) < 4.78 is 18.6. The van der Waals surface area contributed by atoms with Gasteiger partial charge < -0.3 is 9.25 Å². The molecule has 6 nitrogen and oxygen atoms in total. The second kappa shape index (κ2) is 5.53. The molecule has 0 aliphatic heterocycles. The van der Waals surface area contributed by atoms with E-state index < -0.39 is 0 Å². The van der Waals surface area contributed by atoms with E-state index in [1.54, 1.807) is 12.1 Å². The molecule has 0 fully saturated rings. The summed E-state index contributed by atoms with van der Waals surface area (Å²) >= 11 is 0. The summed E-state index contributed by atoms with van der Waals surface area (Å²) in [7, 11) is 0. The van der Waals surface area contributed by atoms with Crippen molar-refractivity contribution in [1.29, 1.82) is 0 Å². The average Bonchev–Trinajstić information content (AvgIpc) is 3.20. The quantitative estimate of drug-likeness (QED) is 0.580. The van der Waals surface area contributed by atoms with Crippen LogP contribution in [-0.4, -0.2) is 20.1 Å². The maximum absolute atomic E-state index is 13.2. The van der Waals surface area contributed by atoms with Gasteiger partial charge in [-0.1, -0.05) is 23.0 Å². The van der Waals surface area contributed by atoms with Crippen LogP contribution < -0.4 is 4.84 Å². The van der Waals surface area contributed by atoms with Crippen LogP contribution in [0.3, 0.4) is 0 Å². The van der Waals surface area contributed by atoms with Crippen molar-refractivity contribution in [2.45, 2.75) is 6.61 Å². The zero-order valence-electron chi connectivity index (χ0n) is 11.9. The van der Waals surface area contributed by atoms with Gasteiger partial charge in [-0.05, 0) is 35.5 Å². The van der Waals surface area contributed by atoms with E-state index in [1.807, 2.05) is 24.3 Å². The summed E-state index contributed by atoms with van der Waals surface area (Å²) in [5, 5.41) is 7.92. The van der Waals surface area contributed by atoms with E-state index >= 15 is 0 Å². The van der Waals surface area contributed by atoms with Gasteiger partial charge in [0.1, 0.15) is 28.8 Å². The second-order valence-corrected chi connectivity index (χ2v) is 4.88. The minimum atomic E-state index is -0.340. The van der Waals surface area contributed by atoms with Crippen molar-refractivity contribution >= 4 is 11.0 Å². The maximum atomic E-state index is 13.2. The predicted octanol–water partition coefficient (Wildman–Crippen LogP) is 2.85. The molecule has 2 heterocycles. The van der Waals surface area contributed by atoms with Crippen LogP contribution in [0.2, 0.25) is 0 Å². The Morgan fingerprint density at radius 2 is 2.04 bits per heavy atom. The van der Waals surface area contributed by atoms with Crippen molar-refractivity contribution in [2.24, 2.45) is 0 Å². The van der Waals surface area contributed by atoms with Gasteiger partial charge in [-0.25, -0.2) is 9.37 Å². The van der Waals surface area contributed by atoms with Crippen molar-refractivity contribution in [1.82, 2.24) is 20.1 Å². The van der Waals surface area contributed by atoms with E-state index in [2.05, 4.69) is 15.3 Å². The van der Waals surface area contributed by atoms with Crippen LogP contribution in [0.15, 0.2) is 59.2 Å². The largest absolute Gasteiger partial charge is 0.444 e. The molecule has 0 N–H and O–H groups in total. The second-order valence-electron chi connectivity index (χ2n) is 4.88. The van der Waals surface area contributed by atoms with Crippen molar-refractivity contribution in [3.05, 3.63) is 66.3 Å². The van der Waals surface area contributed by atoms with Gasteiger partial charge in [-0.15, -0.1) is 5.10 Å². The van der Waals surface area contributed by atoms with E-state index in [-0.39, 0.29) is 12.4 Å². The van der Waals surface area contributed by atoms with Gasteiger partial charge in [0.15, 0.2) is 6.61 Å². The molecule has 0 aliphatic rings. The van der Waals surface area contributed by atoms with Crippen molar-refractivity contribution in [3.8, 4) is 11.5 Å². The van der Waals surface area contributed by atoms with Gasteiger partial charge in [0.05, 0.1) is 0 Å². The van der Waals surface area contributed by atoms with E-state index in [9.17, 15) is 4.39 Å². The molecule has 2 aromatic carbocycles. The third-order valence-electron chi connectivity index (χ3n) is 3.28. The highest BCUT2D eigenvalue weighted by Gasteiger charge is 2.09. The van der Waals surface area contributed by atoms with Crippen LogP contribution >= 0.6 is 0 Å². The number of hydrogen-bond acceptors (Lipinski definition) is 5. The molecule has 0 aliphatic carbocycles. The molecule has 114 valence electrons. The number of halogens is 1. The Bertz CT molecular complexity index is 963. The molecule has 4 aromatic rings. The third-order valence-corrected chi connectivity index (χ3v) is 3.28. The Morgan fingerprint density at radius 3 is 2.96 bits per heavy atom. The highest BCUT2D eigenvalue weighted by molar-refractivity contribution is 5.73. The lowest BCUT2D eigenvalue weighted by Gasteiger charge is -2.02. The van der Waals surface area contributed by atoms with Gasteiger partial charge >= 0.3 is 0 Å². The lowest BCUT2D eigenvalue weighted by atomic mass is 10.2. The fourth-order valence-electron chi connectivity index (χ4n) is 2.20. The minimum Gasteiger partial charge on any atom is -0.444 e. The zero-order chi connectivity index (χ0) is 15.6. The average molecular weight is 310 g/mol. The maximum Gasteiger partial charge on any atom is 0.226 e. The first-order valence-corrected chi connectivity index (χ1v) is 6.94. The molecule has 0 spiro atoms. The van der Waals surface area contributed by atoms with Crippen LogP contribution in [0.1, 0.15) is 5.69 Å². The Kier molecular flexibility index (Phi) is 3.23. The fourth-order valence-corrected chi connectivity index (χ4v) is 2.20. The zero-order valence-corrected chi connectivity index (χ0v) is 11.9. The number of para-hydroxylation sites is 1. The van der Waals surface area contributed by atoms with E-state index in [0.717, 1.165) is 11.0 Å². The summed E-state index contributed by atoms with van der Waals surface area (Å²) in [6.07, 6.45) is 1.47. The summed E-state index contributed by atoms with van der Waals surface area (Å²) in [5.74, 6) is -0.000802. The van der Waals surface area contributed by atoms with Crippen molar-refractivity contribution in [2.75, 3.05) is 0 Å². The first-order chi connectivity index (χ1) is 11.3. The van der Waals surface area contributed by atoms with Crippen LogP contribution in [0.5, 0.6) is 0 Å². The molecule has 0 saturated heterocycles. The molecule has 2 aromatic heterocycles. The van der Waals surface area contributed by atoms with Crippen LogP contribution in [0.4, 0.5) is 4.39 Å². The van der Waals surface area contributed by atoms with Gasteiger partial charge in [0.2, 0.25) is 5.89 Å². The number of nitrogens with zero attached hydrogens (tertiary/aromatic N) is 4.